The molecule has 2 aromatic heterocycles. The predicted octanol–water partition coefficient (Wildman–Crippen LogP) is 4.09. The van der Waals surface area contributed by atoms with E-state index in [9.17, 15) is 18.0 Å². The second-order valence-electron chi connectivity index (χ2n) is 5.83. The molecule has 0 fully saturated rings. The topological polar surface area (TPSA) is 64.6 Å². The second-order valence-corrected chi connectivity index (χ2v) is 6.18. The van der Waals surface area contributed by atoms with Gasteiger partial charge in [-0.25, -0.2) is 9.97 Å². The lowest BCUT2D eigenvalue weighted by molar-refractivity contribution is -0.137. The molecule has 0 spiro atoms. The normalized spacial score (nSPS) is 12.4. The van der Waals surface area contributed by atoms with Gasteiger partial charge in [0.2, 0.25) is 11.8 Å². The van der Waals surface area contributed by atoms with E-state index in [4.69, 9.17) is 21.1 Å². The molecule has 0 aliphatic rings. The molecule has 0 bridgehead atoms. The van der Waals surface area contributed by atoms with Crippen LogP contribution in [-0.2, 0) is 6.18 Å². The Balaban J connectivity index is 2.05. The molecular weight excluding hydrogens is 399 g/mol. The molecule has 2 heterocycles. The van der Waals surface area contributed by atoms with E-state index < -0.39 is 11.7 Å². The van der Waals surface area contributed by atoms with E-state index in [0.29, 0.717) is 12.7 Å². The minimum absolute atomic E-state index is 0.0142. The van der Waals surface area contributed by atoms with E-state index in [1.165, 1.54) is 24.1 Å². The monoisotopic (exact) mass is 417 g/mol. The molecule has 0 aliphatic carbocycles. The van der Waals surface area contributed by atoms with Crippen LogP contribution in [0.4, 0.5) is 13.2 Å². The Bertz CT molecular complexity index is 816. The molecule has 0 unspecified atom stereocenters. The van der Waals surface area contributed by atoms with Crippen molar-refractivity contribution in [3.8, 4) is 11.8 Å². The molecule has 2 aromatic rings. The van der Waals surface area contributed by atoms with Crippen molar-refractivity contribution in [3.63, 3.8) is 0 Å². The molecule has 0 saturated heterocycles. The van der Waals surface area contributed by atoms with Crippen molar-refractivity contribution in [2.45, 2.75) is 26.1 Å². The van der Waals surface area contributed by atoms with Crippen LogP contribution in [0.2, 0.25) is 5.15 Å². The summed E-state index contributed by atoms with van der Waals surface area (Å²) < 4.78 is 48.1. The highest BCUT2D eigenvalue weighted by Crippen LogP contribution is 2.29. The molecule has 2 rings (SSSR count). The molecule has 0 aliphatic heterocycles. The zero-order chi connectivity index (χ0) is 20.9. The van der Waals surface area contributed by atoms with Crippen molar-refractivity contribution >= 4 is 17.5 Å². The first-order chi connectivity index (χ1) is 13.2. The Kier molecular flexibility index (Phi) is 7.06. The summed E-state index contributed by atoms with van der Waals surface area (Å²) in [6, 6.07) is 4.68. The lowest BCUT2D eigenvalue weighted by Gasteiger charge is -2.28. The average Bonchev–Trinajstić information content (AvgIpc) is 2.66. The number of hydrogen-bond donors (Lipinski definition) is 0. The van der Waals surface area contributed by atoms with E-state index in [1.54, 1.807) is 13.8 Å². The number of halogens is 4. The van der Waals surface area contributed by atoms with Crippen molar-refractivity contribution in [1.82, 2.24) is 14.9 Å². The third-order valence-corrected chi connectivity index (χ3v) is 4.22. The Morgan fingerprint density at radius 1 is 1.25 bits per heavy atom. The van der Waals surface area contributed by atoms with Crippen LogP contribution in [0.15, 0.2) is 30.5 Å². The Morgan fingerprint density at radius 2 is 1.93 bits per heavy atom. The van der Waals surface area contributed by atoms with E-state index in [1.807, 2.05) is 0 Å². The second kappa shape index (κ2) is 9.09. The smallest absolute Gasteiger partial charge is 0.417 e. The summed E-state index contributed by atoms with van der Waals surface area (Å²) >= 11 is 6.06. The Hall–Kier alpha value is -2.55. The third kappa shape index (κ3) is 5.25. The number of ether oxygens (including phenoxy) is 2. The molecule has 0 N–H and O–H groups in total. The van der Waals surface area contributed by atoms with Crippen LogP contribution < -0.4 is 9.47 Å². The molecule has 0 aromatic carbocycles. The van der Waals surface area contributed by atoms with Gasteiger partial charge < -0.3 is 14.4 Å². The molecule has 152 valence electrons. The zero-order valence-corrected chi connectivity index (χ0v) is 16.2. The lowest BCUT2D eigenvalue weighted by Crippen LogP contribution is -2.42. The first-order valence-electron chi connectivity index (χ1n) is 8.35. The number of alkyl halides is 3. The Labute approximate surface area is 165 Å². The van der Waals surface area contributed by atoms with E-state index in [-0.39, 0.29) is 41.0 Å². The van der Waals surface area contributed by atoms with Gasteiger partial charge >= 0.3 is 6.18 Å². The molecular formula is C18H19ClF3N3O3. The van der Waals surface area contributed by atoms with Crippen molar-refractivity contribution < 1.29 is 27.4 Å². The van der Waals surface area contributed by atoms with Crippen LogP contribution in [0.1, 0.15) is 29.8 Å². The number of methoxy groups -OCH3 is 1. The maximum absolute atomic E-state index is 12.8. The highest BCUT2D eigenvalue weighted by Gasteiger charge is 2.31. The van der Waals surface area contributed by atoms with Gasteiger partial charge in [0.25, 0.3) is 5.91 Å². The summed E-state index contributed by atoms with van der Waals surface area (Å²) in [7, 11) is 1.44. The summed E-state index contributed by atoms with van der Waals surface area (Å²) in [5.74, 6) is -0.0269. The summed E-state index contributed by atoms with van der Waals surface area (Å²) in [5.41, 5.74) is -0.649. The van der Waals surface area contributed by atoms with Crippen molar-refractivity contribution in [3.05, 3.63) is 46.7 Å². The number of nitrogens with zero attached hydrogens (tertiary/aromatic N) is 3. The molecule has 1 atom stereocenters. The van der Waals surface area contributed by atoms with Crippen LogP contribution >= 0.6 is 11.6 Å². The number of carbonyl (C=O) groups is 1. The van der Waals surface area contributed by atoms with Gasteiger partial charge in [0.15, 0.2) is 0 Å². The summed E-state index contributed by atoms with van der Waals surface area (Å²) in [4.78, 5) is 21.9. The molecule has 10 heteroatoms. The first-order valence-corrected chi connectivity index (χ1v) is 8.72. The van der Waals surface area contributed by atoms with Crippen LogP contribution in [0.5, 0.6) is 11.8 Å². The minimum atomic E-state index is -4.46. The highest BCUT2D eigenvalue weighted by molar-refractivity contribution is 6.32. The largest absolute Gasteiger partial charge is 0.481 e. The van der Waals surface area contributed by atoms with Gasteiger partial charge in [-0.3, -0.25) is 4.79 Å². The first kappa shape index (κ1) is 21.7. The number of pyridine rings is 2. The van der Waals surface area contributed by atoms with E-state index in [0.717, 1.165) is 12.1 Å². The minimum Gasteiger partial charge on any atom is -0.481 e. The van der Waals surface area contributed by atoms with Gasteiger partial charge in [-0.15, -0.1) is 0 Å². The van der Waals surface area contributed by atoms with E-state index >= 15 is 0 Å². The summed E-state index contributed by atoms with van der Waals surface area (Å²) in [6.07, 6.45) is -3.76. The fourth-order valence-corrected chi connectivity index (χ4v) is 2.66. The third-order valence-electron chi connectivity index (χ3n) is 3.93. The van der Waals surface area contributed by atoms with E-state index in [2.05, 4.69) is 9.97 Å². The number of hydrogen-bond acceptors (Lipinski definition) is 5. The molecule has 1 amide bonds. The SMILES string of the molecule is CCN(C(=O)c1ccc(OC)nc1Cl)[C@@H](C)COc1ccc(C(F)(F)F)cn1. The summed E-state index contributed by atoms with van der Waals surface area (Å²) in [5, 5.41) is 0.0142. The van der Waals surface area contributed by atoms with Crippen molar-refractivity contribution in [2.24, 2.45) is 0 Å². The van der Waals surface area contributed by atoms with Gasteiger partial charge in [-0.2, -0.15) is 13.2 Å². The van der Waals surface area contributed by atoms with Gasteiger partial charge in [0.05, 0.1) is 24.3 Å². The lowest BCUT2D eigenvalue weighted by atomic mass is 10.2. The number of carbonyl (C=O) groups excluding carboxylic acids is 1. The average molecular weight is 418 g/mol. The summed E-state index contributed by atoms with van der Waals surface area (Å²) in [6.45, 7) is 3.94. The van der Waals surface area contributed by atoms with Gasteiger partial charge in [-0.05, 0) is 26.0 Å². The fourth-order valence-electron chi connectivity index (χ4n) is 2.43. The van der Waals surface area contributed by atoms with Gasteiger partial charge in [0.1, 0.15) is 11.8 Å². The maximum atomic E-state index is 12.8. The molecule has 28 heavy (non-hydrogen) atoms. The fraction of sp³-hybridized carbons (Fsp3) is 0.389. The van der Waals surface area contributed by atoms with Crippen LogP contribution in [0, 0.1) is 0 Å². The van der Waals surface area contributed by atoms with Gasteiger partial charge in [-0.1, -0.05) is 11.6 Å². The van der Waals surface area contributed by atoms with Crippen molar-refractivity contribution in [2.75, 3.05) is 20.3 Å². The number of amides is 1. The standard InChI is InChI=1S/C18H19ClF3N3O3/c1-4-25(17(26)13-6-8-15(27-3)24-16(13)19)11(2)10-28-14-7-5-12(9-23-14)18(20,21)22/h5-9,11H,4,10H2,1-3H3/t11-/m0/s1. The number of aromatic nitrogens is 2. The van der Waals surface area contributed by atoms with Crippen LogP contribution in [0.25, 0.3) is 0 Å². The molecule has 6 nitrogen and oxygen atoms in total. The Morgan fingerprint density at radius 3 is 2.43 bits per heavy atom. The maximum Gasteiger partial charge on any atom is 0.417 e. The predicted molar refractivity (Wildman–Crippen MR) is 96.7 cm³/mol. The van der Waals surface area contributed by atoms with Crippen molar-refractivity contribution in [1.29, 1.82) is 0 Å². The quantitative estimate of drug-likeness (QED) is 0.635. The van der Waals surface area contributed by atoms with Crippen LogP contribution in [0.3, 0.4) is 0 Å². The van der Waals surface area contributed by atoms with Gasteiger partial charge in [0, 0.05) is 24.9 Å². The molecule has 0 radical (unpaired) electrons. The highest BCUT2D eigenvalue weighted by atomic mass is 35.5. The van der Waals surface area contributed by atoms with Crippen LogP contribution in [-0.4, -0.2) is 47.1 Å². The number of rotatable bonds is 7. The zero-order valence-electron chi connectivity index (χ0n) is 15.5. The molecule has 0 saturated carbocycles. The number of likely N-dealkylation sites (N-methyl/N-ethyl adjacent to an activating group) is 1.